The minimum Gasteiger partial charge on any atom is -0.458 e. The first-order valence-corrected chi connectivity index (χ1v) is 15.2. The van der Waals surface area contributed by atoms with Crippen LogP contribution in [0.1, 0.15) is 90.1 Å². The van der Waals surface area contributed by atoms with Crippen molar-refractivity contribution in [3.8, 4) is 0 Å². The van der Waals surface area contributed by atoms with E-state index in [0.717, 1.165) is 16.7 Å². The van der Waals surface area contributed by atoms with E-state index in [1.807, 2.05) is 76.2 Å². The molecule has 0 heterocycles. The Morgan fingerprint density at radius 2 is 1.41 bits per heavy atom. The topological polar surface area (TPSA) is 114 Å². The summed E-state index contributed by atoms with van der Waals surface area (Å²) in [5.41, 5.74) is 1.64. The van der Waals surface area contributed by atoms with Crippen molar-refractivity contribution in [2.45, 2.75) is 111 Å². The maximum absolute atomic E-state index is 14.3. The van der Waals surface area contributed by atoms with Gasteiger partial charge >= 0.3 is 12.1 Å². The van der Waals surface area contributed by atoms with Crippen LogP contribution in [-0.4, -0.2) is 59.1 Å². The van der Waals surface area contributed by atoms with Gasteiger partial charge in [0.2, 0.25) is 11.8 Å². The van der Waals surface area contributed by atoms with Crippen LogP contribution in [0.5, 0.6) is 0 Å². The number of nitrogens with one attached hydrogen (secondary N) is 2. The van der Waals surface area contributed by atoms with Gasteiger partial charge in [-0.3, -0.25) is 9.59 Å². The van der Waals surface area contributed by atoms with E-state index < -0.39 is 53.2 Å². The fraction of sp³-hybridized carbons (Fsp3) is 0.543. The van der Waals surface area contributed by atoms with Gasteiger partial charge in [0.15, 0.2) is 0 Å². The first-order chi connectivity index (χ1) is 20.3. The van der Waals surface area contributed by atoms with Crippen molar-refractivity contribution in [2.24, 2.45) is 5.92 Å². The molecule has 0 fully saturated rings. The summed E-state index contributed by atoms with van der Waals surface area (Å²) in [6.07, 6.45) is -0.182. The van der Waals surface area contributed by atoms with Crippen LogP contribution >= 0.6 is 0 Å². The Labute approximate surface area is 263 Å². The molecule has 0 aliphatic heterocycles. The van der Waals surface area contributed by atoms with Crippen LogP contribution in [-0.2, 0) is 30.3 Å². The molecule has 2 aromatic rings. The minimum atomic E-state index is -1.10. The zero-order valence-corrected chi connectivity index (χ0v) is 28.2. The van der Waals surface area contributed by atoms with Gasteiger partial charge in [-0.2, -0.15) is 0 Å². The average Bonchev–Trinajstić information content (AvgIpc) is 2.87. The lowest BCUT2D eigenvalue weighted by atomic mass is 9.95. The highest BCUT2D eigenvalue weighted by atomic mass is 16.6. The van der Waals surface area contributed by atoms with Gasteiger partial charge in [-0.05, 0) is 84.4 Å². The molecule has 0 saturated carbocycles. The molecule has 9 nitrogen and oxygen atoms in total. The molecule has 0 aliphatic carbocycles. The summed E-state index contributed by atoms with van der Waals surface area (Å²) in [6, 6.07) is 12.0. The van der Waals surface area contributed by atoms with Crippen molar-refractivity contribution >= 4 is 23.9 Å². The van der Waals surface area contributed by atoms with Gasteiger partial charge in [-0.25, -0.2) is 9.59 Å². The second kappa shape index (κ2) is 15.2. The predicted octanol–water partition coefficient (Wildman–Crippen LogP) is 5.81. The first kappa shape index (κ1) is 36.3. The second-order valence-electron chi connectivity index (χ2n) is 13.8. The van der Waals surface area contributed by atoms with Crippen molar-refractivity contribution in [1.29, 1.82) is 0 Å². The summed E-state index contributed by atoms with van der Waals surface area (Å²) < 4.78 is 11.1. The third-order valence-corrected chi connectivity index (χ3v) is 6.70. The zero-order chi connectivity index (χ0) is 33.4. The molecule has 3 unspecified atom stereocenters. The summed E-state index contributed by atoms with van der Waals surface area (Å²) in [4.78, 5) is 55.8. The average molecular weight is 610 g/mol. The Kier molecular flexibility index (Phi) is 12.6. The highest BCUT2D eigenvalue weighted by Gasteiger charge is 2.37. The highest BCUT2D eigenvalue weighted by molar-refractivity contribution is 5.94. The van der Waals surface area contributed by atoms with Crippen LogP contribution in [0.2, 0.25) is 0 Å². The number of nitrogens with zero attached hydrogens (tertiary/aromatic N) is 1. The Balaban J connectivity index is 2.53. The Hall–Kier alpha value is -3.88. The van der Waals surface area contributed by atoms with E-state index in [9.17, 15) is 19.2 Å². The van der Waals surface area contributed by atoms with Crippen LogP contribution in [0.15, 0.2) is 48.5 Å². The van der Waals surface area contributed by atoms with Gasteiger partial charge < -0.3 is 25.0 Å². The molecule has 2 rings (SSSR count). The van der Waals surface area contributed by atoms with Crippen molar-refractivity contribution < 1.29 is 28.7 Å². The van der Waals surface area contributed by atoms with Gasteiger partial charge in [0.05, 0.1) is 0 Å². The van der Waals surface area contributed by atoms with Gasteiger partial charge in [-0.15, -0.1) is 0 Å². The second-order valence-corrected chi connectivity index (χ2v) is 13.8. The SMILES string of the molecule is Cc1ccc(C)c(C(C(=O)NC(Cc2ccccc2)C(=O)OC(C)(C)C)N(C)C(=O)C(CC(C)C)NC(=O)OC(C)(C)C)c1. The van der Waals surface area contributed by atoms with E-state index in [1.54, 1.807) is 41.5 Å². The number of amides is 3. The number of hydrogen-bond acceptors (Lipinski definition) is 6. The predicted molar refractivity (Wildman–Crippen MR) is 172 cm³/mol. The Bertz CT molecular complexity index is 1290. The van der Waals surface area contributed by atoms with Crippen LogP contribution in [0.3, 0.4) is 0 Å². The normalized spacial score (nSPS) is 13.8. The zero-order valence-electron chi connectivity index (χ0n) is 28.2. The van der Waals surface area contributed by atoms with Crippen molar-refractivity contribution in [2.75, 3.05) is 7.05 Å². The number of hydrogen-bond donors (Lipinski definition) is 2. The van der Waals surface area contributed by atoms with Gasteiger partial charge in [0.25, 0.3) is 0 Å². The molecular weight excluding hydrogens is 558 g/mol. The number of alkyl carbamates (subject to hydrolysis) is 1. The molecular formula is C35H51N3O6. The van der Waals surface area contributed by atoms with Crippen LogP contribution < -0.4 is 10.6 Å². The number of esters is 1. The number of rotatable bonds is 11. The molecule has 0 spiro atoms. The quantitative estimate of drug-likeness (QED) is 0.311. The lowest BCUT2D eigenvalue weighted by Crippen LogP contribution is -2.54. The molecule has 0 saturated heterocycles. The molecule has 242 valence electrons. The summed E-state index contributed by atoms with van der Waals surface area (Å²) >= 11 is 0. The molecule has 9 heteroatoms. The standard InChI is InChI=1S/C35H51N3O6/c1-22(2)19-27(37-33(42)44-35(8,9)10)31(40)38(11)29(26-20-23(3)17-18-24(26)4)30(39)36-28(32(41)43-34(5,6)7)21-25-15-13-12-14-16-25/h12-18,20,22,27-29H,19,21H2,1-11H3,(H,36,39)(H,37,42). The Morgan fingerprint density at radius 1 is 0.818 bits per heavy atom. The summed E-state index contributed by atoms with van der Waals surface area (Å²) in [6.45, 7) is 18.2. The van der Waals surface area contributed by atoms with E-state index >= 15 is 0 Å². The molecule has 2 N–H and O–H groups in total. The number of carbonyl (C=O) groups excluding carboxylic acids is 4. The molecule has 3 atom stereocenters. The van der Waals surface area contributed by atoms with E-state index in [2.05, 4.69) is 10.6 Å². The van der Waals surface area contributed by atoms with Gasteiger partial charge in [0.1, 0.15) is 29.3 Å². The number of likely N-dealkylation sites (N-methyl/N-ethyl adjacent to an activating group) is 1. The largest absolute Gasteiger partial charge is 0.458 e. The van der Waals surface area contributed by atoms with Crippen molar-refractivity contribution in [3.05, 3.63) is 70.8 Å². The minimum absolute atomic E-state index is 0.0580. The van der Waals surface area contributed by atoms with E-state index in [-0.39, 0.29) is 12.3 Å². The van der Waals surface area contributed by atoms with Crippen molar-refractivity contribution in [3.63, 3.8) is 0 Å². The van der Waals surface area contributed by atoms with E-state index in [4.69, 9.17) is 9.47 Å². The third-order valence-electron chi connectivity index (χ3n) is 6.70. The molecule has 0 radical (unpaired) electrons. The summed E-state index contributed by atoms with van der Waals surface area (Å²) in [5, 5.41) is 5.62. The molecule has 0 aliphatic rings. The highest BCUT2D eigenvalue weighted by Crippen LogP contribution is 2.27. The monoisotopic (exact) mass is 609 g/mol. The lowest BCUT2D eigenvalue weighted by molar-refractivity contribution is -0.159. The number of benzene rings is 2. The smallest absolute Gasteiger partial charge is 0.408 e. The van der Waals surface area contributed by atoms with Crippen LogP contribution in [0.4, 0.5) is 4.79 Å². The van der Waals surface area contributed by atoms with Crippen LogP contribution in [0, 0.1) is 19.8 Å². The first-order valence-electron chi connectivity index (χ1n) is 15.2. The van der Waals surface area contributed by atoms with Crippen LogP contribution in [0.25, 0.3) is 0 Å². The van der Waals surface area contributed by atoms with Crippen molar-refractivity contribution in [1.82, 2.24) is 15.5 Å². The maximum Gasteiger partial charge on any atom is 0.408 e. The number of aryl methyl sites for hydroxylation is 2. The van der Waals surface area contributed by atoms with E-state index in [0.29, 0.717) is 12.0 Å². The Morgan fingerprint density at radius 3 is 1.95 bits per heavy atom. The van der Waals surface area contributed by atoms with Gasteiger partial charge in [-0.1, -0.05) is 67.9 Å². The molecule has 0 aromatic heterocycles. The molecule has 0 bridgehead atoms. The third kappa shape index (κ3) is 11.7. The lowest BCUT2D eigenvalue weighted by Gasteiger charge is -2.34. The molecule has 44 heavy (non-hydrogen) atoms. The summed E-state index contributed by atoms with van der Waals surface area (Å²) in [5.74, 6) is -1.51. The summed E-state index contributed by atoms with van der Waals surface area (Å²) in [7, 11) is 1.54. The number of ether oxygens (including phenoxy) is 2. The maximum atomic E-state index is 14.3. The van der Waals surface area contributed by atoms with Gasteiger partial charge in [0, 0.05) is 13.5 Å². The fourth-order valence-corrected chi connectivity index (χ4v) is 4.76. The number of carbonyl (C=O) groups is 4. The van der Waals surface area contributed by atoms with E-state index in [1.165, 1.54) is 11.9 Å². The molecule has 3 amide bonds. The fourth-order valence-electron chi connectivity index (χ4n) is 4.76. The molecule has 2 aromatic carbocycles.